The summed E-state index contributed by atoms with van der Waals surface area (Å²) in [5, 5.41) is 17.4. The summed E-state index contributed by atoms with van der Waals surface area (Å²) in [6.07, 6.45) is 0. The highest BCUT2D eigenvalue weighted by Crippen LogP contribution is 2.24. The molecule has 0 fully saturated rings. The fourth-order valence-electron chi connectivity index (χ4n) is 2.14. The van der Waals surface area contributed by atoms with E-state index in [4.69, 9.17) is 10.8 Å². The van der Waals surface area contributed by atoms with Crippen molar-refractivity contribution in [3.63, 3.8) is 0 Å². The van der Waals surface area contributed by atoms with Crippen LogP contribution in [0.4, 0.5) is 0 Å². The van der Waals surface area contributed by atoms with Crippen molar-refractivity contribution in [2.24, 2.45) is 0 Å². The summed E-state index contributed by atoms with van der Waals surface area (Å²) in [6, 6.07) is 16.2. The fourth-order valence-corrected chi connectivity index (χ4v) is 3.30. The quantitative estimate of drug-likeness (QED) is 0.561. The van der Waals surface area contributed by atoms with Gasteiger partial charge in [-0.2, -0.15) is 0 Å². The molecule has 0 aliphatic carbocycles. The predicted octanol–water partition coefficient (Wildman–Crippen LogP) is 5.51. The van der Waals surface area contributed by atoms with Crippen LogP contribution in [-0.4, -0.2) is 21.6 Å². The predicted molar refractivity (Wildman–Crippen MR) is 102 cm³/mol. The second-order valence-electron chi connectivity index (χ2n) is 4.69. The molecule has 0 unspecified atom stereocenters. The van der Waals surface area contributed by atoms with E-state index in [-0.39, 0.29) is 0 Å². The van der Waals surface area contributed by atoms with Gasteiger partial charge in [-0.3, -0.25) is 10.8 Å². The number of nitrogens with one attached hydrogen (secondary N) is 2. The van der Waals surface area contributed by atoms with Crippen LogP contribution in [0.25, 0.3) is 11.1 Å². The van der Waals surface area contributed by atoms with Crippen LogP contribution in [0.5, 0.6) is 0 Å². The summed E-state index contributed by atoms with van der Waals surface area (Å²) >= 11 is 3.10. The molecule has 0 spiro atoms. The SMILES string of the molecule is CCSC(=N)c1cccc(-c2cccc(C(=N)SCC)c2)c1. The van der Waals surface area contributed by atoms with E-state index in [0.717, 1.165) is 33.8 Å². The molecule has 4 heteroatoms. The largest absolute Gasteiger partial charge is 0.293 e. The van der Waals surface area contributed by atoms with Gasteiger partial charge < -0.3 is 0 Å². The van der Waals surface area contributed by atoms with Crippen molar-refractivity contribution in [1.29, 1.82) is 10.8 Å². The van der Waals surface area contributed by atoms with Gasteiger partial charge in [-0.05, 0) is 34.8 Å². The first-order valence-corrected chi connectivity index (χ1v) is 9.26. The average Bonchev–Trinajstić information content (AvgIpc) is 2.55. The van der Waals surface area contributed by atoms with E-state index in [1.807, 2.05) is 24.3 Å². The molecule has 0 heterocycles. The standard InChI is InChI=1S/C18H20N2S2/c1-3-21-17(19)15-9-5-7-13(11-15)14-8-6-10-16(12-14)18(20)22-4-2/h5-12,19-20H,3-4H2,1-2H3. The van der Waals surface area contributed by atoms with Crippen LogP contribution in [0.3, 0.4) is 0 Å². The molecular formula is C18H20N2S2. The Balaban J connectivity index is 2.32. The molecule has 0 bridgehead atoms. The Morgan fingerprint density at radius 1 is 0.773 bits per heavy atom. The summed E-state index contributed by atoms with van der Waals surface area (Å²) in [6.45, 7) is 4.12. The minimum atomic E-state index is 0.606. The lowest BCUT2D eigenvalue weighted by molar-refractivity contribution is 1.49. The third kappa shape index (κ3) is 4.24. The van der Waals surface area contributed by atoms with Crippen LogP contribution in [0, 0.1) is 10.8 Å². The third-order valence-electron chi connectivity index (χ3n) is 3.16. The van der Waals surface area contributed by atoms with Gasteiger partial charge in [0.2, 0.25) is 0 Å². The maximum atomic E-state index is 8.08. The molecule has 0 aliphatic heterocycles. The molecule has 2 aromatic carbocycles. The van der Waals surface area contributed by atoms with Gasteiger partial charge in [-0.25, -0.2) is 0 Å². The third-order valence-corrected chi connectivity index (χ3v) is 4.79. The molecule has 2 rings (SSSR count). The van der Waals surface area contributed by atoms with Gasteiger partial charge >= 0.3 is 0 Å². The van der Waals surface area contributed by atoms with Crippen LogP contribution < -0.4 is 0 Å². The van der Waals surface area contributed by atoms with Crippen molar-refractivity contribution in [3.05, 3.63) is 59.7 Å². The first kappa shape index (κ1) is 16.8. The van der Waals surface area contributed by atoms with Crippen LogP contribution in [0.15, 0.2) is 48.5 Å². The maximum absolute atomic E-state index is 8.08. The molecule has 0 saturated heterocycles. The Morgan fingerprint density at radius 3 is 1.55 bits per heavy atom. The van der Waals surface area contributed by atoms with Crippen molar-refractivity contribution in [1.82, 2.24) is 0 Å². The minimum absolute atomic E-state index is 0.606. The van der Waals surface area contributed by atoms with Crippen molar-refractivity contribution in [2.45, 2.75) is 13.8 Å². The van der Waals surface area contributed by atoms with Crippen LogP contribution in [0.1, 0.15) is 25.0 Å². The van der Waals surface area contributed by atoms with Crippen molar-refractivity contribution < 1.29 is 0 Å². The van der Waals surface area contributed by atoms with Crippen LogP contribution in [-0.2, 0) is 0 Å². The zero-order valence-corrected chi connectivity index (χ0v) is 14.5. The van der Waals surface area contributed by atoms with E-state index < -0.39 is 0 Å². The molecule has 0 amide bonds. The summed E-state index contributed by atoms with van der Waals surface area (Å²) in [7, 11) is 0. The first-order chi connectivity index (χ1) is 10.7. The summed E-state index contributed by atoms with van der Waals surface area (Å²) < 4.78 is 0. The van der Waals surface area contributed by atoms with Crippen LogP contribution in [0.2, 0.25) is 0 Å². The monoisotopic (exact) mass is 328 g/mol. The normalized spacial score (nSPS) is 10.5. The highest BCUT2D eigenvalue weighted by atomic mass is 32.2. The Labute approximate surface area is 140 Å². The van der Waals surface area contributed by atoms with Crippen molar-refractivity contribution >= 4 is 33.6 Å². The van der Waals surface area contributed by atoms with Gasteiger partial charge in [-0.15, -0.1) is 23.5 Å². The van der Waals surface area contributed by atoms with Crippen LogP contribution >= 0.6 is 23.5 Å². The van der Waals surface area contributed by atoms with Gasteiger partial charge in [-0.1, -0.05) is 50.2 Å². The zero-order valence-electron chi connectivity index (χ0n) is 12.8. The molecule has 2 nitrogen and oxygen atoms in total. The van der Waals surface area contributed by atoms with E-state index in [0.29, 0.717) is 10.1 Å². The van der Waals surface area contributed by atoms with Gasteiger partial charge in [0.15, 0.2) is 0 Å². The van der Waals surface area contributed by atoms with Crippen molar-refractivity contribution in [2.75, 3.05) is 11.5 Å². The highest BCUT2D eigenvalue weighted by Gasteiger charge is 2.06. The van der Waals surface area contributed by atoms with E-state index in [1.165, 1.54) is 0 Å². The Hall–Kier alpha value is -1.52. The lowest BCUT2D eigenvalue weighted by Crippen LogP contribution is -1.96. The molecule has 0 saturated carbocycles. The molecule has 2 N–H and O–H groups in total. The Morgan fingerprint density at radius 2 is 1.18 bits per heavy atom. The van der Waals surface area contributed by atoms with E-state index in [1.54, 1.807) is 23.5 Å². The molecule has 0 aliphatic rings. The Bertz CT molecular complexity index is 621. The summed E-state index contributed by atoms with van der Waals surface area (Å²) in [5.41, 5.74) is 4.09. The van der Waals surface area contributed by atoms with E-state index in [9.17, 15) is 0 Å². The smallest absolute Gasteiger partial charge is 0.0942 e. The Kier molecular flexibility index (Phi) is 6.28. The molecule has 2 aromatic rings. The lowest BCUT2D eigenvalue weighted by Gasteiger charge is -2.08. The molecule has 0 atom stereocenters. The lowest BCUT2D eigenvalue weighted by atomic mass is 10.0. The second-order valence-corrected chi connectivity index (χ2v) is 7.23. The molecule has 0 aromatic heterocycles. The molecule has 114 valence electrons. The van der Waals surface area contributed by atoms with Gasteiger partial charge in [0.1, 0.15) is 0 Å². The minimum Gasteiger partial charge on any atom is -0.293 e. The fraction of sp³-hybridized carbons (Fsp3) is 0.222. The molecular weight excluding hydrogens is 308 g/mol. The average molecular weight is 329 g/mol. The zero-order chi connectivity index (χ0) is 15.9. The van der Waals surface area contributed by atoms with Gasteiger partial charge in [0.05, 0.1) is 10.1 Å². The second kappa shape index (κ2) is 8.20. The van der Waals surface area contributed by atoms with Crippen molar-refractivity contribution in [3.8, 4) is 11.1 Å². The number of hydrogen-bond donors (Lipinski definition) is 2. The first-order valence-electron chi connectivity index (χ1n) is 7.29. The number of hydrogen-bond acceptors (Lipinski definition) is 4. The number of rotatable bonds is 5. The van der Waals surface area contributed by atoms with E-state index in [2.05, 4.69) is 38.1 Å². The number of benzene rings is 2. The molecule has 22 heavy (non-hydrogen) atoms. The highest BCUT2D eigenvalue weighted by molar-refractivity contribution is 8.14. The topological polar surface area (TPSA) is 47.7 Å². The summed E-state index contributed by atoms with van der Waals surface area (Å²) in [4.78, 5) is 0. The van der Waals surface area contributed by atoms with E-state index >= 15 is 0 Å². The van der Waals surface area contributed by atoms with Gasteiger partial charge in [0.25, 0.3) is 0 Å². The molecule has 0 radical (unpaired) electrons. The maximum Gasteiger partial charge on any atom is 0.0942 e. The number of thioether (sulfide) groups is 2. The van der Waals surface area contributed by atoms with Gasteiger partial charge in [0, 0.05) is 11.1 Å². The summed E-state index contributed by atoms with van der Waals surface area (Å²) in [5.74, 6) is 1.81.